The van der Waals surface area contributed by atoms with Crippen LogP contribution in [0.1, 0.15) is 39.0 Å². The van der Waals surface area contributed by atoms with Crippen LogP contribution in [-0.4, -0.2) is 31.7 Å². The maximum atomic E-state index is 12.2. The predicted molar refractivity (Wildman–Crippen MR) is 71.0 cm³/mol. The van der Waals surface area contributed by atoms with E-state index in [9.17, 15) is 4.79 Å². The standard InChI is InChI=1S/C14H26N2O2/c1-10-4-5-13(15)12(7-10)14(17)16-8-11-3-2-6-18-9-11/h10-13H,2-9,15H2,1H3,(H,16,17). The van der Waals surface area contributed by atoms with Crippen molar-refractivity contribution in [3.63, 3.8) is 0 Å². The van der Waals surface area contributed by atoms with Crippen molar-refractivity contribution in [1.82, 2.24) is 5.32 Å². The largest absolute Gasteiger partial charge is 0.381 e. The molecule has 0 aromatic rings. The summed E-state index contributed by atoms with van der Waals surface area (Å²) in [5.74, 6) is 1.27. The number of carbonyl (C=O) groups excluding carboxylic acids is 1. The Bertz CT molecular complexity index is 277. The van der Waals surface area contributed by atoms with Crippen molar-refractivity contribution < 1.29 is 9.53 Å². The number of hydrogen-bond acceptors (Lipinski definition) is 3. The minimum Gasteiger partial charge on any atom is -0.381 e. The highest BCUT2D eigenvalue weighted by Crippen LogP contribution is 2.28. The van der Waals surface area contributed by atoms with Gasteiger partial charge in [-0.15, -0.1) is 0 Å². The van der Waals surface area contributed by atoms with Crippen molar-refractivity contribution in [2.45, 2.75) is 45.1 Å². The molecule has 1 saturated carbocycles. The Morgan fingerprint density at radius 1 is 1.39 bits per heavy atom. The lowest BCUT2D eigenvalue weighted by molar-refractivity contribution is -0.127. The first-order valence-corrected chi connectivity index (χ1v) is 7.28. The fraction of sp³-hybridized carbons (Fsp3) is 0.929. The third-order valence-corrected chi connectivity index (χ3v) is 4.32. The average Bonchev–Trinajstić information content (AvgIpc) is 2.40. The number of hydrogen-bond donors (Lipinski definition) is 2. The Morgan fingerprint density at radius 2 is 2.22 bits per heavy atom. The number of ether oxygens (including phenoxy) is 1. The maximum Gasteiger partial charge on any atom is 0.224 e. The molecule has 4 heteroatoms. The van der Waals surface area contributed by atoms with Crippen LogP contribution in [0.4, 0.5) is 0 Å². The van der Waals surface area contributed by atoms with Crippen LogP contribution in [-0.2, 0) is 9.53 Å². The van der Waals surface area contributed by atoms with Crippen molar-refractivity contribution >= 4 is 5.91 Å². The van der Waals surface area contributed by atoms with Crippen LogP contribution in [0, 0.1) is 17.8 Å². The Morgan fingerprint density at radius 3 is 2.94 bits per heavy atom. The van der Waals surface area contributed by atoms with Crippen molar-refractivity contribution in [3.05, 3.63) is 0 Å². The minimum atomic E-state index is 0.0123. The molecule has 0 radical (unpaired) electrons. The van der Waals surface area contributed by atoms with Crippen LogP contribution in [0.25, 0.3) is 0 Å². The first-order valence-electron chi connectivity index (χ1n) is 7.28. The summed E-state index contributed by atoms with van der Waals surface area (Å²) < 4.78 is 5.42. The molecule has 0 spiro atoms. The van der Waals surface area contributed by atoms with Gasteiger partial charge in [0.1, 0.15) is 0 Å². The van der Waals surface area contributed by atoms with Gasteiger partial charge in [0, 0.05) is 19.2 Å². The lowest BCUT2D eigenvalue weighted by Crippen LogP contribution is -2.46. The molecule has 4 nitrogen and oxygen atoms in total. The van der Waals surface area contributed by atoms with E-state index in [0.29, 0.717) is 11.8 Å². The monoisotopic (exact) mass is 254 g/mol. The van der Waals surface area contributed by atoms with Crippen LogP contribution in [0.2, 0.25) is 0 Å². The Labute approximate surface area is 110 Å². The van der Waals surface area contributed by atoms with E-state index in [-0.39, 0.29) is 17.9 Å². The van der Waals surface area contributed by atoms with Crippen molar-refractivity contribution in [2.24, 2.45) is 23.5 Å². The highest BCUT2D eigenvalue weighted by molar-refractivity contribution is 5.79. The second-order valence-electron chi connectivity index (χ2n) is 6.02. The SMILES string of the molecule is CC1CCC(N)C(C(=O)NCC2CCCOC2)C1. The van der Waals surface area contributed by atoms with Crippen molar-refractivity contribution in [3.8, 4) is 0 Å². The van der Waals surface area contributed by atoms with Gasteiger partial charge < -0.3 is 15.8 Å². The summed E-state index contributed by atoms with van der Waals surface area (Å²) in [5.41, 5.74) is 6.07. The van der Waals surface area contributed by atoms with Gasteiger partial charge in [0.15, 0.2) is 0 Å². The molecule has 1 saturated heterocycles. The fourth-order valence-corrected chi connectivity index (χ4v) is 3.05. The number of carbonyl (C=O) groups is 1. The van der Waals surface area contributed by atoms with Crippen LogP contribution >= 0.6 is 0 Å². The van der Waals surface area contributed by atoms with Gasteiger partial charge in [-0.3, -0.25) is 4.79 Å². The third-order valence-electron chi connectivity index (χ3n) is 4.32. The average molecular weight is 254 g/mol. The molecular weight excluding hydrogens is 228 g/mol. The van der Waals surface area contributed by atoms with Crippen molar-refractivity contribution in [1.29, 1.82) is 0 Å². The molecule has 0 bridgehead atoms. The van der Waals surface area contributed by atoms with Gasteiger partial charge in [0.05, 0.1) is 12.5 Å². The first-order chi connectivity index (χ1) is 8.66. The summed E-state index contributed by atoms with van der Waals surface area (Å²) >= 11 is 0. The summed E-state index contributed by atoms with van der Waals surface area (Å²) in [7, 11) is 0. The van der Waals surface area contributed by atoms with Gasteiger partial charge in [-0.05, 0) is 43.9 Å². The Hall–Kier alpha value is -0.610. The molecule has 4 unspecified atom stereocenters. The maximum absolute atomic E-state index is 12.2. The zero-order chi connectivity index (χ0) is 13.0. The molecule has 1 amide bonds. The molecule has 0 aromatic heterocycles. The second kappa shape index (κ2) is 6.53. The summed E-state index contributed by atoms with van der Waals surface area (Å²) in [4.78, 5) is 12.2. The molecule has 2 fully saturated rings. The van der Waals surface area contributed by atoms with Gasteiger partial charge in [-0.2, -0.15) is 0 Å². The number of amides is 1. The molecule has 0 aromatic carbocycles. The smallest absolute Gasteiger partial charge is 0.224 e. The predicted octanol–water partition coefficient (Wildman–Crippen LogP) is 1.29. The van der Waals surface area contributed by atoms with E-state index in [2.05, 4.69) is 12.2 Å². The zero-order valence-electron chi connectivity index (χ0n) is 11.4. The molecule has 1 aliphatic heterocycles. The molecule has 3 N–H and O–H groups in total. The lowest BCUT2D eigenvalue weighted by atomic mass is 9.78. The molecule has 4 atom stereocenters. The summed E-state index contributed by atoms with van der Waals surface area (Å²) in [5, 5.41) is 3.07. The van der Waals surface area contributed by atoms with Crippen molar-refractivity contribution in [2.75, 3.05) is 19.8 Å². The quantitative estimate of drug-likeness (QED) is 0.797. The van der Waals surface area contributed by atoms with E-state index in [1.165, 1.54) is 0 Å². The first kappa shape index (κ1) is 13.8. The molecule has 1 aliphatic carbocycles. The minimum absolute atomic E-state index is 0.0123. The summed E-state index contributed by atoms with van der Waals surface area (Å²) in [6, 6.07) is 0.0452. The number of nitrogens with two attached hydrogens (primary N) is 1. The molecular formula is C14H26N2O2. The molecule has 104 valence electrons. The number of rotatable bonds is 3. The fourth-order valence-electron chi connectivity index (χ4n) is 3.05. The van der Waals surface area contributed by atoms with E-state index < -0.39 is 0 Å². The van der Waals surface area contributed by atoms with Gasteiger partial charge in [-0.1, -0.05) is 6.92 Å². The molecule has 1 heterocycles. The Kier molecular flexibility index (Phi) is 5.01. The van der Waals surface area contributed by atoms with E-state index >= 15 is 0 Å². The van der Waals surface area contributed by atoms with Crippen LogP contribution in [0.15, 0.2) is 0 Å². The van der Waals surface area contributed by atoms with Crippen LogP contribution in [0.3, 0.4) is 0 Å². The van der Waals surface area contributed by atoms with Gasteiger partial charge >= 0.3 is 0 Å². The van der Waals surface area contributed by atoms with Gasteiger partial charge in [0.2, 0.25) is 5.91 Å². The molecule has 2 rings (SSSR count). The van der Waals surface area contributed by atoms with E-state index in [4.69, 9.17) is 10.5 Å². The summed E-state index contributed by atoms with van der Waals surface area (Å²) in [6.45, 7) is 4.61. The van der Waals surface area contributed by atoms with Gasteiger partial charge in [-0.25, -0.2) is 0 Å². The van der Waals surface area contributed by atoms with Crippen LogP contribution < -0.4 is 11.1 Å². The van der Waals surface area contributed by atoms with Gasteiger partial charge in [0.25, 0.3) is 0 Å². The third kappa shape index (κ3) is 3.69. The highest BCUT2D eigenvalue weighted by Gasteiger charge is 2.31. The lowest BCUT2D eigenvalue weighted by Gasteiger charge is -2.32. The number of nitrogens with one attached hydrogen (secondary N) is 1. The normalized spacial score (nSPS) is 37.2. The highest BCUT2D eigenvalue weighted by atomic mass is 16.5. The van der Waals surface area contributed by atoms with E-state index in [0.717, 1.165) is 51.9 Å². The molecule has 18 heavy (non-hydrogen) atoms. The summed E-state index contributed by atoms with van der Waals surface area (Å²) in [6.07, 6.45) is 5.34. The van der Waals surface area contributed by atoms with E-state index in [1.54, 1.807) is 0 Å². The van der Waals surface area contributed by atoms with Crippen LogP contribution in [0.5, 0.6) is 0 Å². The van der Waals surface area contributed by atoms with E-state index in [1.807, 2.05) is 0 Å². The molecule has 2 aliphatic rings. The zero-order valence-corrected chi connectivity index (χ0v) is 11.4. The Balaban J connectivity index is 1.75. The topological polar surface area (TPSA) is 64.4 Å². The second-order valence-corrected chi connectivity index (χ2v) is 6.02.